The van der Waals surface area contributed by atoms with Gasteiger partial charge < -0.3 is 5.11 Å². The summed E-state index contributed by atoms with van der Waals surface area (Å²) in [6.45, 7) is -0.273. The number of aliphatic hydroxyl groups excluding tert-OH is 1. The van der Waals surface area contributed by atoms with Gasteiger partial charge in [-0.05, 0) is 11.6 Å². The van der Waals surface area contributed by atoms with E-state index in [0.29, 0.717) is 0 Å². The van der Waals surface area contributed by atoms with Gasteiger partial charge in [-0.2, -0.15) is 13.2 Å². The molecule has 0 aliphatic heterocycles. The molecular weight excluding hydrogens is 313 g/mol. The van der Waals surface area contributed by atoms with Crippen LogP contribution in [0.25, 0.3) is 0 Å². The highest BCUT2D eigenvalue weighted by atomic mass is 35.6. The Morgan fingerprint density at radius 1 is 1.17 bits per heavy atom. The second-order valence-electron chi connectivity index (χ2n) is 3.48. The maximum Gasteiger partial charge on any atom is 0.416 e. The fourth-order valence-corrected chi connectivity index (χ4v) is 1.50. The number of nitrogens with one attached hydrogen (secondary N) is 1. The summed E-state index contributed by atoms with van der Waals surface area (Å²) in [6.07, 6.45) is -6.03. The van der Waals surface area contributed by atoms with Crippen molar-refractivity contribution in [3.63, 3.8) is 0 Å². The molecule has 8 heteroatoms. The lowest BCUT2D eigenvalue weighted by atomic mass is 10.1. The molecule has 2 N–H and O–H groups in total. The Kier molecular flexibility index (Phi) is 5.14. The van der Waals surface area contributed by atoms with Crippen molar-refractivity contribution in [3.8, 4) is 0 Å². The molecule has 0 radical (unpaired) electrons. The first-order valence-electron chi connectivity index (χ1n) is 4.75. The van der Waals surface area contributed by atoms with Crippen LogP contribution in [0.15, 0.2) is 24.3 Å². The molecular formula is C10H9Cl3F3NO. The third-order valence-electron chi connectivity index (χ3n) is 2.12. The standard InChI is InChI=1S/C10H9Cl3F3NO/c11-9(12,13)8(18)17-5-6-3-1-2-4-7(6)10(14,15)16/h1-4,8,17-18H,5H2. The molecule has 18 heavy (non-hydrogen) atoms. The van der Waals surface area contributed by atoms with Gasteiger partial charge in [-0.25, -0.2) is 0 Å². The van der Waals surface area contributed by atoms with Crippen molar-refractivity contribution < 1.29 is 18.3 Å². The topological polar surface area (TPSA) is 32.3 Å². The number of benzene rings is 1. The van der Waals surface area contributed by atoms with Gasteiger partial charge >= 0.3 is 6.18 Å². The van der Waals surface area contributed by atoms with Crippen molar-refractivity contribution in [2.45, 2.75) is 22.7 Å². The van der Waals surface area contributed by atoms with Gasteiger partial charge in [-0.3, -0.25) is 5.32 Å². The van der Waals surface area contributed by atoms with E-state index in [0.717, 1.165) is 6.07 Å². The van der Waals surface area contributed by atoms with Gasteiger partial charge in [-0.1, -0.05) is 53.0 Å². The van der Waals surface area contributed by atoms with E-state index in [1.807, 2.05) is 0 Å². The third-order valence-corrected chi connectivity index (χ3v) is 2.74. The van der Waals surface area contributed by atoms with Gasteiger partial charge in [0.15, 0.2) is 6.23 Å². The second-order valence-corrected chi connectivity index (χ2v) is 5.85. The maximum absolute atomic E-state index is 12.6. The molecule has 0 aliphatic rings. The van der Waals surface area contributed by atoms with E-state index >= 15 is 0 Å². The molecule has 1 unspecified atom stereocenters. The molecule has 0 saturated heterocycles. The number of aliphatic hydroxyl groups is 1. The van der Waals surface area contributed by atoms with E-state index in [4.69, 9.17) is 34.8 Å². The first kappa shape index (κ1) is 15.9. The van der Waals surface area contributed by atoms with Crippen LogP contribution in [0.1, 0.15) is 11.1 Å². The van der Waals surface area contributed by atoms with Crippen LogP contribution in [0.2, 0.25) is 0 Å². The quantitative estimate of drug-likeness (QED) is 0.659. The first-order valence-corrected chi connectivity index (χ1v) is 5.89. The summed E-state index contributed by atoms with van der Waals surface area (Å²) in [5, 5.41) is 11.7. The molecule has 0 saturated carbocycles. The molecule has 0 aliphatic carbocycles. The van der Waals surface area contributed by atoms with Crippen LogP contribution in [0, 0.1) is 0 Å². The second kappa shape index (κ2) is 5.84. The van der Waals surface area contributed by atoms with E-state index < -0.39 is 21.8 Å². The smallest absolute Gasteiger partial charge is 0.374 e. The van der Waals surface area contributed by atoms with E-state index in [-0.39, 0.29) is 12.1 Å². The molecule has 0 heterocycles. The van der Waals surface area contributed by atoms with Crippen molar-refractivity contribution in [1.29, 1.82) is 0 Å². The zero-order valence-corrected chi connectivity index (χ0v) is 11.1. The van der Waals surface area contributed by atoms with Crippen LogP contribution in [-0.2, 0) is 12.7 Å². The van der Waals surface area contributed by atoms with E-state index in [1.165, 1.54) is 18.2 Å². The minimum absolute atomic E-state index is 0.0432. The molecule has 0 bridgehead atoms. The molecule has 1 atom stereocenters. The Hall–Kier alpha value is -0.200. The van der Waals surface area contributed by atoms with Crippen LogP contribution < -0.4 is 5.32 Å². The summed E-state index contributed by atoms with van der Waals surface area (Å²) >= 11 is 16.1. The summed E-state index contributed by atoms with van der Waals surface area (Å²) in [5.74, 6) is 0. The van der Waals surface area contributed by atoms with Gasteiger partial charge in [0.2, 0.25) is 3.79 Å². The van der Waals surface area contributed by atoms with E-state index in [1.54, 1.807) is 0 Å². The summed E-state index contributed by atoms with van der Waals surface area (Å²) in [4.78, 5) is 0. The normalized spacial score (nSPS) is 14.6. The zero-order chi connectivity index (χ0) is 14.0. The average molecular weight is 323 g/mol. The van der Waals surface area contributed by atoms with Gasteiger partial charge in [0.05, 0.1) is 5.56 Å². The third kappa shape index (κ3) is 4.48. The number of hydrogen-bond donors (Lipinski definition) is 2. The summed E-state index contributed by atoms with van der Waals surface area (Å²) < 4.78 is 35.9. The molecule has 0 amide bonds. The summed E-state index contributed by atoms with van der Waals surface area (Å²) in [5.41, 5.74) is -0.840. The average Bonchev–Trinajstić information content (AvgIpc) is 2.23. The Labute approximate surface area is 117 Å². The maximum atomic E-state index is 12.6. The number of alkyl halides is 6. The van der Waals surface area contributed by atoms with Gasteiger partial charge in [-0.15, -0.1) is 0 Å². The number of halogens is 6. The highest BCUT2D eigenvalue weighted by molar-refractivity contribution is 6.68. The lowest BCUT2D eigenvalue weighted by Crippen LogP contribution is -2.39. The molecule has 102 valence electrons. The van der Waals surface area contributed by atoms with Crippen molar-refractivity contribution in [2.24, 2.45) is 0 Å². The summed E-state index contributed by atoms with van der Waals surface area (Å²) in [6, 6.07) is 4.95. The van der Waals surface area contributed by atoms with Crippen LogP contribution >= 0.6 is 34.8 Å². The Balaban J connectivity index is 2.80. The Morgan fingerprint density at radius 3 is 2.22 bits per heavy atom. The predicted molar refractivity (Wildman–Crippen MR) is 64.6 cm³/mol. The van der Waals surface area contributed by atoms with Crippen molar-refractivity contribution in [3.05, 3.63) is 35.4 Å². The molecule has 0 aromatic heterocycles. The SMILES string of the molecule is OC(NCc1ccccc1C(F)(F)F)C(Cl)(Cl)Cl. The zero-order valence-electron chi connectivity index (χ0n) is 8.81. The van der Waals surface area contributed by atoms with Crippen molar-refractivity contribution in [1.82, 2.24) is 5.32 Å². The van der Waals surface area contributed by atoms with Gasteiger partial charge in [0.25, 0.3) is 0 Å². The highest BCUT2D eigenvalue weighted by Gasteiger charge is 2.34. The van der Waals surface area contributed by atoms with Crippen molar-refractivity contribution >= 4 is 34.8 Å². The Morgan fingerprint density at radius 2 is 1.72 bits per heavy atom. The largest absolute Gasteiger partial charge is 0.416 e. The fraction of sp³-hybridized carbons (Fsp3) is 0.400. The molecule has 2 nitrogen and oxygen atoms in total. The molecule has 1 rings (SSSR count). The number of rotatable bonds is 3. The Bertz CT molecular complexity index is 406. The van der Waals surface area contributed by atoms with Gasteiger partial charge in [0.1, 0.15) is 0 Å². The summed E-state index contributed by atoms with van der Waals surface area (Å²) in [7, 11) is 0. The van der Waals surface area contributed by atoms with Crippen LogP contribution in [0.5, 0.6) is 0 Å². The minimum Gasteiger partial charge on any atom is -0.374 e. The van der Waals surface area contributed by atoms with Crippen LogP contribution in [0.3, 0.4) is 0 Å². The molecule has 1 aromatic carbocycles. The lowest BCUT2D eigenvalue weighted by Gasteiger charge is -2.21. The van der Waals surface area contributed by atoms with E-state index in [2.05, 4.69) is 5.32 Å². The first-order chi connectivity index (χ1) is 8.12. The van der Waals surface area contributed by atoms with Crippen molar-refractivity contribution in [2.75, 3.05) is 0 Å². The molecule has 1 aromatic rings. The van der Waals surface area contributed by atoms with Crippen LogP contribution in [-0.4, -0.2) is 15.1 Å². The van der Waals surface area contributed by atoms with E-state index in [9.17, 15) is 18.3 Å². The highest BCUT2D eigenvalue weighted by Crippen LogP contribution is 2.32. The monoisotopic (exact) mass is 321 g/mol. The van der Waals surface area contributed by atoms with Gasteiger partial charge in [0, 0.05) is 6.54 Å². The molecule has 0 spiro atoms. The number of hydrogen-bond acceptors (Lipinski definition) is 2. The minimum atomic E-state index is -4.47. The predicted octanol–water partition coefficient (Wildman–Crippen LogP) is 3.48. The van der Waals surface area contributed by atoms with Crippen LogP contribution in [0.4, 0.5) is 13.2 Å². The lowest BCUT2D eigenvalue weighted by molar-refractivity contribution is -0.138. The molecule has 0 fully saturated rings. The fourth-order valence-electron chi connectivity index (χ4n) is 1.27.